The standard InChI is InChI=1S/C15H32N4O/c1-17(2)5-6-18-7-9-19(10-8-18)14-15(13-16)3-11-20-12-4-15/h3-14,16H2,1-2H3. The van der Waals surface area contributed by atoms with Crippen molar-refractivity contribution >= 4 is 0 Å². The molecule has 2 aliphatic rings. The van der Waals surface area contributed by atoms with Gasteiger partial charge in [-0.1, -0.05) is 0 Å². The number of hydrogen-bond acceptors (Lipinski definition) is 5. The average molecular weight is 284 g/mol. The molecular formula is C15H32N4O. The summed E-state index contributed by atoms with van der Waals surface area (Å²) in [4.78, 5) is 7.46. The fourth-order valence-electron chi connectivity index (χ4n) is 3.22. The lowest BCUT2D eigenvalue weighted by molar-refractivity contribution is -0.00854. The first-order valence-electron chi connectivity index (χ1n) is 8.01. The van der Waals surface area contributed by atoms with Gasteiger partial charge in [0.25, 0.3) is 0 Å². The highest BCUT2D eigenvalue weighted by molar-refractivity contribution is 4.87. The second kappa shape index (κ2) is 7.71. The van der Waals surface area contributed by atoms with Gasteiger partial charge in [0.15, 0.2) is 0 Å². The third-order valence-electron chi connectivity index (χ3n) is 4.87. The summed E-state index contributed by atoms with van der Waals surface area (Å²) in [7, 11) is 4.29. The Morgan fingerprint density at radius 2 is 1.65 bits per heavy atom. The van der Waals surface area contributed by atoms with Crippen LogP contribution in [0.3, 0.4) is 0 Å². The Labute approximate surface area is 124 Å². The maximum atomic E-state index is 6.07. The fraction of sp³-hybridized carbons (Fsp3) is 1.00. The van der Waals surface area contributed by atoms with Crippen LogP contribution in [-0.4, -0.2) is 94.4 Å². The first-order valence-corrected chi connectivity index (χ1v) is 8.01. The van der Waals surface area contributed by atoms with E-state index in [4.69, 9.17) is 10.5 Å². The fourth-order valence-corrected chi connectivity index (χ4v) is 3.22. The molecule has 0 spiro atoms. The first-order chi connectivity index (χ1) is 9.63. The smallest absolute Gasteiger partial charge is 0.0472 e. The summed E-state index contributed by atoms with van der Waals surface area (Å²) in [5, 5.41) is 0. The molecule has 0 unspecified atom stereocenters. The van der Waals surface area contributed by atoms with Crippen molar-refractivity contribution < 1.29 is 4.74 Å². The SMILES string of the molecule is CN(C)CCN1CCN(CC2(CN)CCOCC2)CC1. The summed E-state index contributed by atoms with van der Waals surface area (Å²) in [6, 6.07) is 0. The summed E-state index contributed by atoms with van der Waals surface area (Å²) >= 11 is 0. The number of likely N-dealkylation sites (N-methyl/N-ethyl adjacent to an activating group) is 1. The molecule has 0 aromatic rings. The quantitative estimate of drug-likeness (QED) is 0.739. The van der Waals surface area contributed by atoms with Crippen molar-refractivity contribution in [2.45, 2.75) is 12.8 Å². The van der Waals surface area contributed by atoms with Gasteiger partial charge in [0.1, 0.15) is 0 Å². The van der Waals surface area contributed by atoms with E-state index >= 15 is 0 Å². The van der Waals surface area contributed by atoms with E-state index in [0.717, 1.165) is 45.7 Å². The van der Waals surface area contributed by atoms with Crippen molar-refractivity contribution in [2.75, 3.05) is 79.7 Å². The molecule has 5 nitrogen and oxygen atoms in total. The molecule has 2 saturated heterocycles. The van der Waals surface area contributed by atoms with Crippen molar-refractivity contribution in [3.8, 4) is 0 Å². The topological polar surface area (TPSA) is 45.0 Å². The molecule has 2 heterocycles. The Kier molecular flexibility index (Phi) is 6.23. The van der Waals surface area contributed by atoms with Crippen LogP contribution in [0.5, 0.6) is 0 Å². The first kappa shape index (κ1) is 16.2. The Bertz CT molecular complexity index is 271. The van der Waals surface area contributed by atoms with Gasteiger partial charge in [-0.2, -0.15) is 0 Å². The summed E-state index contributed by atoms with van der Waals surface area (Å²) in [6.07, 6.45) is 2.26. The van der Waals surface area contributed by atoms with E-state index < -0.39 is 0 Å². The van der Waals surface area contributed by atoms with Crippen LogP contribution in [0.1, 0.15) is 12.8 Å². The summed E-state index contributed by atoms with van der Waals surface area (Å²) in [5.74, 6) is 0. The maximum absolute atomic E-state index is 6.07. The number of ether oxygens (including phenoxy) is 1. The van der Waals surface area contributed by atoms with Crippen LogP contribution in [0, 0.1) is 5.41 Å². The lowest BCUT2D eigenvalue weighted by Gasteiger charge is -2.43. The Morgan fingerprint density at radius 3 is 2.20 bits per heavy atom. The third-order valence-corrected chi connectivity index (χ3v) is 4.87. The van der Waals surface area contributed by atoms with Gasteiger partial charge in [0.05, 0.1) is 0 Å². The predicted molar refractivity (Wildman–Crippen MR) is 83.0 cm³/mol. The van der Waals surface area contributed by atoms with Crippen LogP contribution >= 0.6 is 0 Å². The van der Waals surface area contributed by atoms with Gasteiger partial charge in [0, 0.05) is 59.0 Å². The molecule has 2 aliphatic heterocycles. The minimum Gasteiger partial charge on any atom is -0.381 e. The molecule has 0 bridgehead atoms. The molecule has 0 radical (unpaired) electrons. The van der Waals surface area contributed by atoms with E-state index in [1.807, 2.05) is 0 Å². The van der Waals surface area contributed by atoms with E-state index in [9.17, 15) is 0 Å². The molecular weight excluding hydrogens is 252 g/mol. The van der Waals surface area contributed by atoms with E-state index in [1.165, 1.54) is 32.7 Å². The summed E-state index contributed by atoms with van der Waals surface area (Å²) in [5.41, 5.74) is 6.38. The predicted octanol–water partition coefficient (Wildman–Crippen LogP) is -0.0789. The van der Waals surface area contributed by atoms with Gasteiger partial charge in [-0.05, 0) is 38.9 Å². The normalized spacial score (nSPS) is 25.2. The average Bonchev–Trinajstić information content (AvgIpc) is 2.47. The zero-order valence-corrected chi connectivity index (χ0v) is 13.3. The van der Waals surface area contributed by atoms with Gasteiger partial charge < -0.3 is 20.3 Å². The van der Waals surface area contributed by atoms with E-state index in [-0.39, 0.29) is 0 Å². The molecule has 20 heavy (non-hydrogen) atoms. The molecule has 0 amide bonds. The molecule has 2 rings (SSSR count). The van der Waals surface area contributed by atoms with Crippen molar-refractivity contribution in [3.05, 3.63) is 0 Å². The molecule has 0 aliphatic carbocycles. The van der Waals surface area contributed by atoms with E-state index in [0.29, 0.717) is 5.41 Å². The molecule has 5 heteroatoms. The Morgan fingerprint density at radius 1 is 1.05 bits per heavy atom. The molecule has 0 aromatic heterocycles. The molecule has 2 N–H and O–H groups in total. The molecule has 0 atom stereocenters. The van der Waals surface area contributed by atoms with E-state index in [2.05, 4.69) is 28.8 Å². The van der Waals surface area contributed by atoms with Crippen LogP contribution in [0.2, 0.25) is 0 Å². The van der Waals surface area contributed by atoms with Crippen LogP contribution in [0.4, 0.5) is 0 Å². The Balaban J connectivity index is 1.73. The minimum absolute atomic E-state index is 0.310. The molecule has 0 aromatic carbocycles. The van der Waals surface area contributed by atoms with Gasteiger partial charge >= 0.3 is 0 Å². The van der Waals surface area contributed by atoms with Crippen molar-refractivity contribution in [1.29, 1.82) is 0 Å². The summed E-state index contributed by atoms with van der Waals surface area (Å²) < 4.78 is 5.50. The summed E-state index contributed by atoms with van der Waals surface area (Å²) in [6.45, 7) is 10.9. The number of nitrogens with two attached hydrogens (primary N) is 1. The minimum atomic E-state index is 0.310. The highest BCUT2D eigenvalue weighted by Crippen LogP contribution is 2.30. The largest absolute Gasteiger partial charge is 0.381 e. The zero-order chi connectivity index (χ0) is 14.4. The maximum Gasteiger partial charge on any atom is 0.0472 e. The number of hydrogen-bond donors (Lipinski definition) is 1. The molecule has 118 valence electrons. The zero-order valence-electron chi connectivity index (χ0n) is 13.3. The second-order valence-electron chi connectivity index (χ2n) is 6.74. The van der Waals surface area contributed by atoms with Gasteiger partial charge in [-0.3, -0.25) is 4.90 Å². The van der Waals surface area contributed by atoms with Crippen molar-refractivity contribution in [1.82, 2.24) is 14.7 Å². The van der Waals surface area contributed by atoms with Crippen LogP contribution in [0.25, 0.3) is 0 Å². The van der Waals surface area contributed by atoms with Gasteiger partial charge in [0.2, 0.25) is 0 Å². The van der Waals surface area contributed by atoms with Crippen molar-refractivity contribution in [2.24, 2.45) is 11.1 Å². The number of piperazine rings is 1. The Hall–Kier alpha value is -0.200. The van der Waals surface area contributed by atoms with Crippen LogP contribution in [0.15, 0.2) is 0 Å². The number of nitrogens with zero attached hydrogens (tertiary/aromatic N) is 3. The lowest BCUT2D eigenvalue weighted by Crippen LogP contribution is -2.53. The van der Waals surface area contributed by atoms with Gasteiger partial charge in [-0.25, -0.2) is 0 Å². The van der Waals surface area contributed by atoms with Crippen LogP contribution in [-0.2, 0) is 4.74 Å². The van der Waals surface area contributed by atoms with Crippen LogP contribution < -0.4 is 5.73 Å². The highest BCUT2D eigenvalue weighted by Gasteiger charge is 2.33. The van der Waals surface area contributed by atoms with Crippen molar-refractivity contribution in [3.63, 3.8) is 0 Å². The lowest BCUT2D eigenvalue weighted by atomic mass is 9.79. The monoisotopic (exact) mass is 284 g/mol. The number of rotatable bonds is 6. The third kappa shape index (κ3) is 4.67. The molecule has 2 fully saturated rings. The highest BCUT2D eigenvalue weighted by atomic mass is 16.5. The molecule has 0 saturated carbocycles. The van der Waals surface area contributed by atoms with E-state index in [1.54, 1.807) is 0 Å². The van der Waals surface area contributed by atoms with Gasteiger partial charge in [-0.15, -0.1) is 0 Å². The second-order valence-corrected chi connectivity index (χ2v) is 6.74.